The van der Waals surface area contributed by atoms with E-state index in [-0.39, 0.29) is 11.7 Å². The third kappa shape index (κ3) is 7.59. The van der Waals surface area contributed by atoms with Crippen molar-refractivity contribution in [1.29, 1.82) is 0 Å². The summed E-state index contributed by atoms with van der Waals surface area (Å²) >= 11 is 0. The number of carbonyl (C=O) groups excluding carboxylic acids is 1. The summed E-state index contributed by atoms with van der Waals surface area (Å²) in [5, 5.41) is 0. The first-order valence-electron chi connectivity index (χ1n) is 7.07. The van der Waals surface area contributed by atoms with Gasteiger partial charge in [0, 0.05) is 5.41 Å². The highest BCUT2D eigenvalue weighted by molar-refractivity contribution is 5.65. The van der Waals surface area contributed by atoms with Gasteiger partial charge in [0.25, 0.3) is 0 Å². The van der Waals surface area contributed by atoms with Crippen LogP contribution >= 0.6 is 0 Å². The topological polar surface area (TPSA) is 35.5 Å². The maximum atomic E-state index is 10.0. The molecule has 1 saturated heterocycles. The van der Waals surface area contributed by atoms with Gasteiger partial charge in [-0.2, -0.15) is 0 Å². The lowest BCUT2D eigenvalue weighted by Gasteiger charge is -2.34. The molecular weight excluding hydrogens is 264 g/mol. The van der Waals surface area contributed by atoms with Crippen molar-refractivity contribution < 1.29 is 14.3 Å². The normalized spacial score (nSPS) is 21.2. The minimum atomic E-state index is -0.236. The first-order chi connectivity index (χ1) is 10.0. The van der Waals surface area contributed by atoms with E-state index in [0.29, 0.717) is 13.2 Å². The molecule has 114 valence electrons. The van der Waals surface area contributed by atoms with Crippen LogP contribution in [0.15, 0.2) is 60.3 Å². The molecule has 0 amide bonds. The van der Waals surface area contributed by atoms with Crippen LogP contribution in [-0.2, 0) is 14.3 Å². The summed E-state index contributed by atoms with van der Waals surface area (Å²) in [6.07, 6.45) is 17.0. The molecule has 0 aromatic rings. The van der Waals surface area contributed by atoms with E-state index < -0.39 is 0 Å². The maximum Gasteiger partial charge on any atom is 0.179 e. The molecule has 21 heavy (non-hydrogen) atoms. The van der Waals surface area contributed by atoms with Crippen molar-refractivity contribution in [3.8, 4) is 0 Å². The van der Waals surface area contributed by atoms with Crippen LogP contribution in [0.3, 0.4) is 0 Å². The second-order valence-electron chi connectivity index (χ2n) is 5.70. The van der Waals surface area contributed by atoms with Crippen molar-refractivity contribution in [3.63, 3.8) is 0 Å². The summed E-state index contributed by atoms with van der Waals surface area (Å²) in [6.45, 7) is 7.69. The number of hydrogen-bond acceptors (Lipinski definition) is 3. The number of ether oxygens (including phenoxy) is 2. The number of rotatable bonds is 6. The molecule has 0 radical (unpaired) electrons. The molecule has 0 atom stereocenters. The Morgan fingerprint density at radius 2 is 1.38 bits per heavy atom. The molecule has 0 aliphatic carbocycles. The zero-order valence-corrected chi connectivity index (χ0v) is 13.0. The zero-order chi connectivity index (χ0) is 15.6. The van der Waals surface area contributed by atoms with Crippen LogP contribution in [0.5, 0.6) is 0 Å². The number of hydrogen-bond donors (Lipinski definition) is 0. The molecule has 1 fully saturated rings. The fourth-order valence-electron chi connectivity index (χ4n) is 1.67. The molecule has 1 aliphatic rings. The lowest BCUT2D eigenvalue weighted by atomic mass is 9.95. The standard InChI is InChI=1S/C18H24O3/c1-16(17-20-14-18(2,3)15-21-17)12-10-8-6-4-5-7-9-11-13-19/h4-13,17H,14-15H2,1-3H3/b6-4+,7-5+,10-8+,11-9+,16-12-. The Labute approximate surface area is 127 Å². The van der Waals surface area contributed by atoms with Gasteiger partial charge in [-0.15, -0.1) is 0 Å². The molecule has 0 aromatic heterocycles. The second kappa shape index (κ2) is 9.27. The summed E-state index contributed by atoms with van der Waals surface area (Å²) in [6, 6.07) is 0. The van der Waals surface area contributed by atoms with E-state index in [1.165, 1.54) is 6.08 Å². The summed E-state index contributed by atoms with van der Waals surface area (Å²) < 4.78 is 11.4. The van der Waals surface area contributed by atoms with Crippen LogP contribution in [0, 0.1) is 5.41 Å². The van der Waals surface area contributed by atoms with Crippen LogP contribution in [-0.4, -0.2) is 25.8 Å². The predicted molar refractivity (Wildman–Crippen MR) is 85.9 cm³/mol. The van der Waals surface area contributed by atoms with Crippen molar-refractivity contribution in [3.05, 3.63) is 60.3 Å². The van der Waals surface area contributed by atoms with E-state index in [1.807, 2.05) is 43.4 Å². The smallest absolute Gasteiger partial charge is 0.179 e. The zero-order valence-electron chi connectivity index (χ0n) is 13.0. The van der Waals surface area contributed by atoms with Gasteiger partial charge < -0.3 is 9.47 Å². The average molecular weight is 288 g/mol. The molecule has 1 heterocycles. The van der Waals surface area contributed by atoms with Gasteiger partial charge in [0.15, 0.2) is 6.29 Å². The first kappa shape index (κ1) is 17.3. The Morgan fingerprint density at radius 3 is 1.90 bits per heavy atom. The molecule has 0 spiro atoms. The number of allylic oxidation sites excluding steroid dienone is 9. The third-order valence-corrected chi connectivity index (χ3v) is 2.84. The van der Waals surface area contributed by atoms with Gasteiger partial charge in [-0.05, 0) is 18.6 Å². The van der Waals surface area contributed by atoms with Crippen molar-refractivity contribution in [2.75, 3.05) is 13.2 Å². The quantitative estimate of drug-likeness (QED) is 0.424. The van der Waals surface area contributed by atoms with Gasteiger partial charge in [0.2, 0.25) is 0 Å². The fraction of sp³-hybridized carbons (Fsp3) is 0.389. The molecule has 1 rings (SSSR count). The monoisotopic (exact) mass is 288 g/mol. The molecule has 0 bridgehead atoms. The van der Waals surface area contributed by atoms with Crippen molar-refractivity contribution >= 4 is 6.29 Å². The van der Waals surface area contributed by atoms with Gasteiger partial charge in [-0.25, -0.2) is 0 Å². The van der Waals surface area contributed by atoms with Gasteiger partial charge in [0.05, 0.1) is 13.2 Å². The molecule has 1 aliphatic heterocycles. The molecular formula is C18H24O3. The summed E-state index contributed by atoms with van der Waals surface area (Å²) in [4.78, 5) is 10.0. The van der Waals surface area contributed by atoms with Crippen LogP contribution in [0.1, 0.15) is 20.8 Å². The van der Waals surface area contributed by atoms with Gasteiger partial charge >= 0.3 is 0 Å². The molecule has 3 heteroatoms. The van der Waals surface area contributed by atoms with Gasteiger partial charge in [-0.1, -0.05) is 62.5 Å². The Hall–Kier alpha value is -1.71. The van der Waals surface area contributed by atoms with E-state index in [2.05, 4.69) is 13.8 Å². The highest BCUT2D eigenvalue weighted by Gasteiger charge is 2.28. The van der Waals surface area contributed by atoms with E-state index in [4.69, 9.17) is 9.47 Å². The number of carbonyl (C=O) groups is 1. The summed E-state index contributed by atoms with van der Waals surface area (Å²) in [5.74, 6) is 0. The third-order valence-electron chi connectivity index (χ3n) is 2.84. The van der Waals surface area contributed by atoms with Gasteiger partial charge in [-0.3, -0.25) is 4.79 Å². The lowest BCUT2D eigenvalue weighted by molar-refractivity contribution is -0.202. The van der Waals surface area contributed by atoms with Crippen LogP contribution in [0.2, 0.25) is 0 Å². The Morgan fingerprint density at radius 1 is 0.905 bits per heavy atom. The highest BCUT2D eigenvalue weighted by Crippen LogP contribution is 2.25. The molecule has 0 unspecified atom stereocenters. The Bertz CT molecular complexity index is 455. The van der Waals surface area contributed by atoms with Gasteiger partial charge in [0.1, 0.15) is 6.29 Å². The largest absolute Gasteiger partial charge is 0.348 e. The van der Waals surface area contributed by atoms with E-state index in [0.717, 1.165) is 11.9 Å². The Balaban J connectivity index is 2.36. The van der Waals surface area contributed by atoms with Crippen molar-refractivity contribution in [2.45, 2.75) is 27.1 Å². The highest BCUT2D eigenvalue weighted by atomic mass is 16.7. The van der Waals surface area contributed by atoms with Crippen LogP contribution in [0.25, 0.3) is 0 Å². The molecule has 0 aromatic carbocycles. The van der Waals surface area contributed by atoms with Crippen molar-refractivity contribution in [2.24, 2.45) is 5.41 Å². The van der Waals surface area contributed by atoms with Crippen molar-refractivity contribution in [1.82, 2.24) is 0 Å². The minimum absolute atomic E-state index is 0.0972. The molecule has 3 nitrogen and oxygen atoms in total. The summed E-state index contributed by atoms with van der Waals surface area (Å²) in [7, 11) is 0. The number of aldehydes is 1. The lowest BCUT2D eigenvalue weighted by Crippen LogP contribution is -2.38. The van der Waals surface area contributed by atoms with E-state index in [1.54, 1.807) is 12.2 Å². The van der Waals surface area contributed by atoms with Crippen LogP contribution in [0.4, 0.5) is 0 Å². The first-order valence-corrected chi connectivity index (χ1v) is 7.07. The predicted octanol–water partition coefficient (Wildman–Crippen LogP) is 3.76. The van der Waals surface area contributed by atoms with E-state index >= 15 is 0 Å². The fourth-order valence-corrected chi connectivity index (χ4v) is 1.67. The SMILES string of the molecule is C/C(=C/C=C/C=C/C=C/C=C/C=O)C1OCC(C)(C)CO1. The minimum Gasteiger partial charge on any atom is -0.348 e. The Kier molecular flexibility index (Phi) is 7.65. The molecule has 0 N–H and O–H groups in total. The summed E-state index contributed by atoms with van der Waals surface area (Å²) in [5.41, 5.74) is 1.15. The van der Waals surface area contributed by atoms with Crippen LogP contribution < -0.4 is 0 Å². The second-order valence-corrected chi connectivity index (χ2v) is 5.70. The average Bonchev–Trinajstić information content (AvgIpc) is 2.45. The maximum absolute atomic E-state index is 10.0. The van der Waals surface area contributed by atoms with E-state index in [9.17, 15) is 4.79 Å². The molecule has 0 saturated carbocycles.